The third-order valence-electron chi connectivity index (χ3n) is 5.65. The summed E-state index contributed by atoms with van der Waals surface area (Å²) >= 11 is 1.22. The van der Waals surface area contributed by atoms with Crippen LogP contribution in [0, 0.1) is 5.92 Å². The van der Waals surface area contributed by atoms with Crippen molar-refractivity contribution in [1.82, 2.24) is 10.3 Å². The number of fused-ring (bicyclic) bond motifs is 1. The van der Waals surface area contributed by atoms with E-state index in [4.69, 9.17) is 24.1 Å². The number of hydrogen-bond acceptors (Lipinski definition) is 9. The summed E-state index contributed by atoms with van der Waals surface area (Å²) in [6, 6.07) is 5.20. The van der Waals surface area contributed by atoms with Crippen LogP contribution in [-0.4, -0.2) is 53.9 Å². The van der Waals surface area contributed by atoms with Gasteiger partial charge in [0.2, 0.25) is 12.7 Å². The largest absolute Gasteiger partial charge is 0.454 e. The first-order valence-corrected chi connectivity index (χ1v) is 11.5. The predicted molar refractivity (Wildman–Crippen MR) is 115 cm³/mol. The normalized spacial score (nSPS) is 20.6. The van der Waals surface area contributed by atoms with Crippen LogP contribution in [-0.2, 0) is 9.53 Å². The molecule has 10 heteroatoms. The van der Waals surface area contributed by atoms with E-state index in [1.807, 2.05) is 0 Å². The molecule has 0 radical (unpaired) electrons. The van der Waals surface area contributed by atoms with Gasteiger partial charge in [-0.2, -0.15) is 0 Å². The lowest BCUT2D eigenvalue weighted by atomic mass is 9.87. The zero-order valence-corrected chi connectivity index (χ0v) is 18.6. The van der Waals surface area contributed by atoms with Crippen molar-refractivity contribution in [3.8, 4) is 23.1 Å². The van der Waals surface area contributed by atoms with Gasteiger partial charge in [-0.3, -0.25) is 9.59 Å². The highest BCUT2D eigenvalue weighted by Crippen LogP contribution is 2.37. The second-order valence-electron chi connectivity index (χ2n) is 7.86. The molecular formula is C22H26N2O7S. The van der Waals surface area contributed by atoms with Crippen LogP contribution in [0.1, 0.15) is 42.3 Å². The van der Waals surface area contributed by atoms with Gasteiger partial charge < -0.3 is 29.4 Å². The van der Waals surface area contributed by atoms with Gasteiger partial charge in [-0.15, -0.1) is 11.3 Å². The molecular weight excluding hydrogens is 436 g/mol. The fraction of sp³-hybridized carbons (Fsp3) is 0.500. The molecule has 172 valence electrons. The highest BCUT2D eigenvalue weighted by molar-refractivity contribution is 7.12. The summed E-state index contributed by atoms with van der Waals surface area (Å²) in [7, 11) is 0. The SMILES string of the molecule is CC(OC1CCC(CNC(=O)c2scnc2Oc2ccc3c(c2)OCO3)CC1)C(=O)CO. The Hall–Kier alpha value is -2.69. The number of rotatable bonds is 9. The van der Waals surface area contributed by atoms with Crippen LogP contribution in [0.3, 0.4) is 0 Å². The summed E-state index contributed by atoms with van der Waals surface area (Å²) in [5, 5.41) is 11.9. The molecule has 2 aliphatic rings. The number of ether oxygens (including phenoxy) is 4. The fourth-order valence-corrected chi connectivity index (χ4v) is 4.42. The number of Topliss-reactive ketones (excluding diaryl/α,β-unsaturated/α-hetero) is 1. The maximum absolute atomic E-state index is 12.7. The van der Waals surface area contributed by atoms with Gasteiger partial charge in [-0.05, 0) is 50.7 Å². The first kappa shape index (κ1) is 22.5. The van der Waals surface area contributed by atoms with Gasteiger partial charge in [-0.25, -0.2) is 4.98 Å². The van der Waals surface area contributed by atoms with E-state index in [0.717, 1.165) is 25.7 Å². The number of hydrogen-bond donors (Lipinski definition) is 2. The van der Waals surface area contributed by atoms with Gasteiger partial charge in [0.05, 0.1) is 11.6 Å². The van der Waals surface area contributed by atoms with Gasteiger partial charge in [0.15, 0.2) is 22.2 Å². The number of nitrogens with zero attached hydrogens (tertiary/aromatic N) is 1. The van der Waals surface area contributed by atoms with Crippen molar-refractivity contribution in [1.29, 1.82) is 0 Å². The lowest BCUT2D eigenvalue weighted by molar-refractivity contribution is -0.137. The van der Waals surface area contributed by atoms with E-state index in [-0.39, 0.29) is 30.5 Å². The molecule has 1 unspecified atom stereocenters. The Morgan fingerprint density at radius 1 is 1.25 bits per heavy atom. The summed E-state index contributed by atoms with van der Waals surface area (Å²) in [5.74, 6) is 1.84. The average Bonchev–Trinajstić information content (AvgIpc) is 3.47. The Labute approximate surface area is 189 Å². The van der Waals surface area contributed by atoms with Gasteiger partial charge in [-0.1, -0.05) is 0 Å². The van der Waals surface area contributed by atoms with E-state index in [2.05, 4.69) is 10.3 Å². The Kier molecular flexibility index (Phi) is 7.23. The fourth-order valence-electron chi connectivity index (χ4n) is 3.79. The number of thiazole rings is 1. The van der Waals surface area contributed by atoms with Crippen molar-refractivity contribution >= 4 is 23.0 Å². The Morgan fingerprint density at radius 2 is 2.03 bits per heavy atom. The molecule has 1 amide bonds. The minimum atomic E-state index is -0.587. The second kappa shape index (κ2) is 10.3. The van der Waals surface area contributed by atoms with Gasteiger partial charge in [0.25, 0.3) is 5.91 Å². The molecule has 4 rings (SSSR count). The average molecular weight is 463 g/mol. The van der Waals surface area contributed by atoms with Crippen LogP contribution in [0.15, 0.2) is 23.7 Å². The number of benzene rings is 1. The molecule has 2 heterocycles. The zero-order valence-electron chi connectivity index (χ0n) is 17.7. The highest BCUT2D eigenvalue weighted by atomic mass is 32.1. The number of aliphatic hydroxyl groups is 1. The van der Waals surface area contributed by atoms with Crippen molar-refractivity contribution < 1.29 is 33.6 Å². The van der Waals surface area contributed by atoms with E-state index in [1.165, 1.54) is 11.3 Å². The molecule has 9 nitrogen and oxygen atoms in total. The maximum atomic E-state index is 12.7. The molecule has 1 fully saturated rings. The van der Waals surface area contributed by atoms with Crippen molar-refractivity contribution in [2.45, 2.75) is 44.8 Å². The molecule has 0 bridgehead atoms. The summed E-state index contributed by atoms with van der Waals surface area (Å²) in [6.45, 7) is 1.90. The highest BCUT2D eigenvalue weighted by Gasteiger charge is 2.26. The number of aromatic nitrogens is 1. The van der Waals surface area contributed by atoms with E-state index in [1.54, 1.807) is 30.6 Å². The number of carbonyl (C=O) groups excluding carboxylic acids is 2. The number of amides is 1. The van der Waals surface area contributed by atoms with Crippen LogP contribution < -0.4 is 19.5 Å². The lowest BCUT2D eigenvalue weighted by Gasteiger charge is -2.30. The maximum Gasteiger partial charge on any atom is 0.267 e. The molecule has 2 N–H and O–H groups in total. The summed E-state index contributed by atoms with van der Waals surface area (Å²) in [6.07, 6.45) is 2.86. The smallest absolute Gasteiger partial charge is 0.267 e. The van der Waals surface area contributed by atoms with Crippen molar-refractivity contribution in [2.24, 2.45) is 5.92 Å². The van der Waals surface area contributed by atoms with Crippen LogP contribution in [0.2, 0.25) is 0 Å². The van der Waals surface area contributed by atoms with Crippen LogP contribution >= 0.6 is 11.3 Å². The van der Waals surface area contributed by atoms with E-state index in [0.29, 0.717) is 34.6 Å². The monoisotopic (exact) mass is 462 g/mol. The third-order valence-corrected chi connectivity index (χ3v) is 6.46. The first-order chi connectivity index (χ1) is 15.5. The standard InChI is InChI=1S/C22H26N2O7S/c1-13(17(26)10-25)30-15-4-2-14(3-5-15)9-23-21(27)20-22(24-11-32-20)31-16-6-7-18-19(8-16)29-12-28-18/h6-8,11,13-15,25H,2-5,9-10,12H2,1H3,(H,23,27). The van der Waals surface area contributed by atoms with Gasteiger partial charge in [0.1, 0.15) is 18.5 Å². The molecule has 0 saturated heterocycles. The third kappa shape index (κ3) is 5.37. The molecule has 0 spiro atoms. The topological polar surface area (TPSA) is 116 Å². The van der Waals surface area contributed by atoms with Crippen molar-refractivity contribution in [3.63, 3.8) is 0 Å². The van der Waals surface area contributed by atoms with Gasteiger partial charge >= 0.3 is 0 Å². The summed E-state index contributed by atoms with van der Waals surface area (Å²) in [5.41, 5.74) is 1.58. The summed E-state index contributed by atoms with van der Waals surface area (Å²) < 4.78 is 22.2. The Balaban J connectivity index is 1.25. The van der Waals surface area contributed by atoms with Crippen molar-refractivity contribution in [2.75, 3.05) is 19.9 Å². The zero-order chi connectivity index (χ0) is 22.5. The van der Waals surface area contributed by atoms with Crippen LogP contribution in [0.25, 0.3) is 0 Å². The second-order valence-corrected chi connectivity index (χ2v) is 8.71. The Morgan fingerprint density at radius 3 is 2.81 bits per heavy atom. The lowest BCUT2D eigenvalue weighted by Crippen LogP contribution is -2.35. The molecule has 1 atom stereocenters. The molecule has 1 aromatic heterocycles. The first-order valence-electron chi connectivity index (χ1n) is 10.6. The summed E-state index contributed by atoms with van der Waals surface area (Å²) in [4.78, 5) is 28.8. The van der Waals surface area contributed by atoms with E-state index >= 15 is 0 Å². The predicted octanol–water partition coefficient (Wildman–Crippen LogP) is 2.92. The molecule has 1 aliphatic heterocycles. The molecule has 1 aliphatic carbocycles. The number of carbonyl (C=O) groups is 2. The van der Waals surface area contributed by atoms with Crippen LogP contribution in [0.4, 0.5) is 0 Å². The van der Waals surface area contributed by atoms with Gasteiger partial charge in [0, 0.05) is 12.6 Å². The number of ketones is 1. The van der Waals surface area contributed by atoms with Crippen LogP contribution in [0.5, 0.6) is 23.1 Å². The molecule has 2 aromatic rings. The van der Waals surface area contributed by atoms with Crippen molar-refractivity contribution in [3.05, 3.63) is 28.6 Å². The minimum absolute atomic E-state index is 0.00986. The number of nitrogens with one attached hydrogen (secondary N) is 1. The molecule has 32 heavy (non-hydrogen) atoms. The van der Waals surface area contributed by atoms with E-state index < -0.39 is 12.7 Å². The quantitative estimate of drug-likeness (QED) is 0.584. The number of aliphatic hydroxyl groups excluding tert-OH is 1. The van der Waals surface area contributed by atoms with E-state index in [9.17, 15) is 9.59 Å². The molecule has 1 saturated carbocycles. The molecule has 1 aromatic carbocycles. The Bertz CT molecular complexity index is 956. The minimum Gasteiger partial charge on any atom is -0.454 e.